The minimum atomic E-state index is -0.997. The number of carbonyl (C=O) groups is 1. The van der Waals surface area contributed by atoms with E-state index >= 15 is 8.78 Å². The van der Waals surface area contributed by atoms with Crippen molar-refractivity contribution in [3.63, 3.8) is 0 Å². The number of anilines is 1. The van der Waals surface area contributed by atoms with E-state index in [2.05, 4.69) is 19.9 Å². The van der Waals surface area contributed by atoms with Crippen LogP contribution in [-0.2, 0) is 16.8 Å². The SMILES string of the molecule is O=C1Oc2cc(Oc3cccnn3)c(F)cc2C2(COC2)N1Cc1ccnc(NSC2CC2)c1F. The lowest BCUT2D eigenvalue weighted by atomic mass is 9.84. The van der Waals surface area contributed by atoms with Crippen molar-refractivity contribution in [1.82, 2.24) is 20.1 Å². The molecular weight excluding hydrogens is 480 g/mol. The average Bonchev–Trinajstić information content (AvgIpc) is 3.65. The van der Waals surface area contributed by atoms with Crippen LogP contribution in [0.1, 0.15) is 24.0 Å². The van der Waals surface area contributed by atoms with Gasteiger partial charge in [-0.3, -0.25) is 4.90 Å². The molecule has 3 aromatic rings. The standard InChI is InChI=1S/C23H19F2N5O4S/c24-16-8-15-17(9-18(16)33-19-2-1-6-27-28-19)34-22(31)30(23(15)11-32-12-23)10-13-5-7-26-21(20(13)25)29-35-14-3-4-14/h1-2,5-9,14H,3-4,10-12H2,(H,26,29). The first-order valence-corrected chi connectivity index (χ1v) is 11.8. The molecule has 0 bridgehead atoms. The van der Waals surface area contributed by atoms with Gasteiger partial charge in [-0.15, -0.1) is 5.10 Å². The molecule has 3 aliphatic rings. The summed E-state index contributed by atoms with van der Waals surface area (Å²) in [4.78, 5) is 18.5. The van der Waals surface area contributed by atoms with Crippen molar-refractivity contribution in [3.05, 3.63) is 65.5 Å². The van der Waals surface area contributed by atoms with Gasteiger partial charge in [0, 0.05) is 40.9 Å². The highest BCUT2D eigenvalue weighted by molar-refractivity contribution is 8.01. The smallest absolute Gasteiger partial charge is 0.416 e. The van der Waals surface area contributed by atoms with Crippen molar-refractivity contribution >= 4 is 23.9 Å². The Morgan fingerprint density at radius 3 is 2.80 bits per heavy atom. The molecule has 9 nitrogen and oxygen atoms in total. The van der Waals surface area contributed by atoms with Crippen molar-refractivity contribution < 1.29 is 27.8 Å². The summed E-state index contributed by atoms with van der Waals surface area (Å²) in [5, 5.41) is 7.93. The highest BCUT2D eigenvalue weighted by Crippen LogP contribution is 2.47. The number of rotatable bonds is 7. The molecule has 1 spiro atoms. The molecule has 0 unspecified atom stereocenters. The highest BCUT2D eigenvalue weighted by atomic mass is 32.2. The fourth-order valence-electron chi connectivity index (χ4n) is 3.98. The van der Waals surface area contributed by atoms with Gasteiger partial charge in [0.2, 0.25) is 5.88 Å². The molecule has 2 aromatic heterocycles. The van der Waals surface area contributed by atoms with Gasteiger partial charge in [0.15, 0.2) is 23.2 Å². The maximum Gasteiger partial charge on any atom is 0.416 e. The summed E-state index contributed by atoms with van der Waals surface area (Å²) in [6, 6.07) is 7.19. The van der Waals surface area contributed by atoms with Crippen LogP contribution in [0.2, 0.25) is 0 Å². The fourth-order valence-corrected chi connectivity index (χ4v) is 4.77. The average molecular weight is 499 g/mol. The number of halogens is 2. The summed E-state index contributed by atoms with van der Waals surface area (Å²) >= 11 is 1.43. The Morgan fingerprint density at radius 1 is 1.23 bits per heavy atom. The topological polar surface area (TPSA) is 98.7 Å². The Balaban J connectivity index is 1.30. The molecule has 35 heavy (non-hydrogen) atoms. The second-order valence-electron chi connectivity index (χ2n) is 8.47. The molecule has 2 fully saturated rings. The van der Waals surface area contributed by atoms with Crippen LogP contribution in [0.4, 0.5) is 19.4 Å². The molecule has 2 aliphatic heterocycles. The van der Waals surface area contributed by atoms with Gasteiger partial charge >= 0.3 is 6.09 Å². The first kappa shape index (κ1) is 22.0. The van der Waals surface area contributed by atoms with Crippen LogP contribution in [0.3, 0.4) is 0 Å². The normalized spacial score (nSPS) is 18.0. The van der Waals surface area contributed by atoms with E-state index in [0.717, 1.165) is 12.8 Å². The van der Waals surface area contributed by atoms with Crippen molar-refractivity contribution in [2.75, 3.05) is 17.9 Å². The second-order valence-corrected chi connectivity index (χ2v) is 9.58. The number of pyridine rings is 1. The highest BCUT2D eigenvalue weighted by Gasteiger charge is 2.54. The van der Waals surface area contributed by atoms with Crippen LogP contribution in [-0.4, -0.2) is 44.6 Å². The lowest BCUT2D eigenvalue weighted by Gasteiger charge is -2.51. The number of nitrogens with one attached hydrogen (secondary N) is 1. The molecule has 4 heterocycles. The van der Waals surface area contributed by atoms with Gasteiger partial charge in [0.05, 0.1) is 19.8 Å². The molecule has 0 radical (unpaired) electrons. The Morgan fingerprint density at radius 2 is 2.09 bits per heavy atom. The van der Waals surface area contributed by atoms with Gasteiger partial charge in [-0.25, -0.2) is 18.6 Å². The molecule has 0 atom stereocenters. The second kappa shape index (κ2) is 8.61. The quantitative estimate of drug-likeness (QED) is 0.474. The molecule has 1 N–H and O–H groups in total. The summed E-state index contributed by atoms with van der Waals surface area (Å²) in [5.74, 6) is -1.03. The molecular formula is C23H19F2N5O4S. The lowest BCUT2D eigenvalue weighted by molar-refractivity contribution is -0.143. The van der Waals surface area contributed by atoms with Crippen molar-refractivity contribution in [2.24, 2.45) is 0 Å². The summed E-state index contributed by atoms with van der Waals surface area (Å²) in [5.41, 5.74) is -0.319. The largest absolute Gasteiger partial charge is 0.434 e. The number of ether oxygens (including phenoxy) is 3. The molecule has 6 rings (SSSR count). The monoisotopic (exact) mass is 499 g/mol. The zero-order valence-corrected chi connectivity index (χ0v) is 19.1. The maximum atomic E-state index is 15.2. The first-order chi connectivity index (χ1) is 17.0. The third-order valence-electron chi connectivity index (χ3n) is 6.06. The van der Waals surface area contributed by atoms with Crippen LogP contribution < -0.4 is 14.2 Å². The number of carbonyl (C=O) groups excluding carboxylic acids is 1. The van der Waals surface area contributed by atoms with Crippen LogP contribution >= 0.6 is 11.9 Å². The summed E-state index contributed by atoms with van der Waals surface area (Å²) in [6.45, 7) is 0.140. The number of nitrogens with zero attached hydrogens (tertiary/aromatic N) is 4. The Labute approximate surface area is 202 Å². The van der Waals surface area contributed by atoms with Crippen molar-refractivity contribution in [1.29, 1.82) is 0 Å². The molecule has 1 saturated carbocycles. The third kappa shape index (κ3) is 4.02. The Kier molecular flexibility index (Phi) is 5.41. The van der Waals surface area contributed by atoms with Crippen molar-refractivity contribution in [2.45, 2.75) is 30.2 Å². The summed E-state index contributed by atoms with van der Waals surface area (Å²) < 4.78 is 49.6. The molecule has 12 heteroatoms. The van der Waals surface area contributed by atoms with Crippen LogP contribution in [0.25, 0.3) is 0 Å². The number of amides is 1. The first-order valence-electron chi connectivity index (χ1n) is 11.0. The van der Waals surface area contributed by atoms with Crippen LogP contribution in [0.5, 0.6) is 17.4 Å². The van der Waals surface area contributed by atoms with E-state index in [4.69, 9.17) is 14.2 Å². The molecule has 1 saturated heterocycles. The van der Waals surface area contributed by atoms with E-state index in [1.165, 1.54) is 53.5 Å². The third-order valence-corrected chi connectivity index (χ3v) is 7.17. The van der Waals surface area contributed by atoms with Gasteiger partial charge in [-0.05, 0) is 43.0 Å². The number of fused-ring (bicyclic) bond motifs is 2. The zero-order valence-electron chi connectivity index (χ0n) is 18.2. The molecule has 180 valence electrons. The van der Waals surface area contributed by atoms with Gasteiger partial charge in [-0.2, -0.15) is 5.10 Å². The minimum Gasteiger partial charge on any atom is -0.434 e. The maximum absolute atomic E-state index is 15.2. The zero-order chi connectivity index (χ0) is 24.0. The summed E-state index contributed by atoms with van der Waals surface area (Å²) in [7, 11) is 0. The van der Waals surface area contributed by atoms with E-state index in [9.17, 15) is 4.79 Å². The predicted octanol–water partition coefficient (Wildman–Crippen LogP) is 4.40. The van der Waals surface area contributed by atoms with Crippen molar-refractivity contribution in [3.8, 4) is 17.4 Å². The van der Waals surface area contributed by atoms with E-state index in [-0.39, 0.29) is 48.5 Å². The molecule has 1 amide bonds. The molecule has 1 aromatic carbocycles. The van der Waals surface area contributed by atoms with Gasteiger partial charge < -0.3 is 18.9 Å². The fraction of sp³-hybridized carbons (Fsp3) is 0.304. The Bertz CT molecular complexity index is 1290. The van der Waals surface area contributed by atoms with E-state index in [1.54, 1.807) is 6.07 Å². The van der Waals surface area contributed by atoms with E-state index in [0.29, 0.717) is 10.8 Å². The van der Waals surface area contributed by atoms with Gasteiger partial charge in [-0.1, -0.05) is 0 Å². The number of hydrogen-bond donors (Lipinski definition) is 1. The number of aromatic nitrogens is 3. The van der Waals surface area contributed by atoms with Crippen LogP contribution in [0.15, 0.2) is 42.7 Å². The Hall–Kier alpha value is -3.51. The van der Waals surface area contributed by atoms with Gasteiger partial charge in [0.25, 0.3) is 0 Å². The minimum absolute atomic E-state index is 0.0919. The van der Waals surface area contributed by atoms with Gasteiger partial charge in [0.1, 0.15) is 11.3 Å². The number of hydrogen-bond acceptors (Lipinski definition) is 9. The van der Waals surface area contributed by atoms with Crippen LogP contribution in [0, 0.1) is 11.6 Å². The molecule has 1 aliphatic carbocycles. The van der Waals surface area contributed by atoms with E-state index < -0.39 is 23.3 Å². The lowest BCUT2D eigenvalue weighted by Crippen LogP contribution is -2.63. The summed E-state index contributed by atoms with van der Waals surface area (Å²) in [6.07, 6.45) is 4.42. The number of benzene rings is 1. The van der Waals surface area contributed by atoms with E-state index in [1.807, 2.05) is 0 Å². The predicted molar refractivity (Wildman–Crippen MR) is 121 cm³/mol.